The van der Waals surface area contributed by atoms with Crippen molar-refractivity contribution in [1.82, 2.24) is 20.4 Å². The Bertz CT molecular complexity index is 730. The lowest BCUT2D eigenvalue weighted by Crippen LogP contribution is -2.47. The van der Waals surface area contributed by atoms with Crippen LogP contribution in [-0.2, 0) is 16.1 Å². The average molecular weight is 370 g/mol. The van der Waals surface area contributed by atoms with Crippen LogP contribution < -0.4 is 10.6 Å². The maximum absolute atomic E-state index is 12.6. The van der Waals surface area contributed by atoms with Crippen molar-refractivity contribution >= 4 is 17.8 Å². The van der Waals surface area contributed by atoms with Gasteiger partial charge in [-0.15, -0.1) is 0 Å². The van der Waals surface area contributed by atoms with Gasteiger partial charge in [-0.05, 0) is 24.8 Å². The molecular weight excluding hydrogens is 344 g/mol. The molecule has 2 N–H and O–H groups in total. The maximum Gasteiger partial charge on any atom is 0.325 e. The molecule has 4 amide bonds. The summed E-state index contributed by atoms with van der Waals surface area (Å²) < 4.78 is 0. The fourth-order valence-electron chi connectivity index (χ4n) is 4.49. The van der Waals surface area contributed by atoms with E-state index in [0.29, 0.717) is 12.8 Å². The van der Waals surface area contributed by atoms with E-state index in [1.165, 1.54) is 5.56 Å². The predicted octanol–water partition coefficient (Wildman–Crippen LogP) is 1.24. The lowest BCUT2D eigenvalue weighted by Gasteiger charge is -2.20. The molecule has 1 saturated carbocycles. The van der Waals surface area contributed by atoms with E-state index in [1.807, 2.05) is 18.2 Å². The molecule has 0 bridgehead atoms. The van der Waals surface area contributed by atoms with Crippen LogP contribution in [0.25, 0.3) is 0 Å². The van der Waals surface area contributed by atoms with Crippen molar-refractivity contribution in [3.63, 3.8) is 0 Å². The Hall–Kier alpha value is -2.41. The third-order valence-corrected chi connectivity index (χ3v) is 5.89. The van der Waals surface area contributed by atoms with Crippen molar-refractivity contribution in [3.05, 3.63) is 35.9 Å². The van der Waals surface area contributed by atoms with Gasteiger partial charge in [0.1, 0.15) is 12.1 Å². The number of carbonyl (C=O) groups excluding carboxylic acids is 3. The minimum absolute atomic E-state index is 0.0578. The van der Waals surface area contributed by atoms with E-state index in [0.717, 1.165) is 43.8 Å². The molecule has 2 heterocycles. The molecule has 27 heavy (non-hydrogen) atoms. The van der Waals surface area contributed by atoms with Crippen LogP contribution in [0.4, 0.5) is 4.79 Å². The molecule has 7 nitrogen and oxygen atoms in total. The van der Waals surface area contributed by atoms with Gasteiger partial charge in [0.25, 0.3) is 5.91 Å². The van der Waals surface area contributed by atoms with Crippen molar-refractivity contribution < 1.29 is 14.4 Å². The number of carbonyl (C=O) groups is 3. The first-order valence-electron chi connectivity index (χ1n) is 9.75. The average Bonchev–Trinajstić information content (AvgIpc) is 3.34. The highest BCUT2D eigenvalue weighted by Crippen LogP contribution is 2.34. The summed E-state index contributed by atoms with van der Waals surface area (Å²) in [4.78, 5) is 40.6. The lowest BCUT2D eigenvalue weighted by molar-refractivity contribution is -0.135. The lowest BCUT2D eigenvalue weighted by atomic mass is 9.98. The fourth-order valence-corrected chi connectivity index (χ4v) is 4.49. The Morgan fingerprint density at radius 2 is 1.93 bits per heavy atom. The van der Waals surface area contributed by atoms with Crippen molar-refractivity contribution in [3.8, 4) is 0 Å². The Balaban J connectivity index is 1.27. The quantitative estimate of drug-likeness (QED) is 0.764. The largest absolute Gasteiger partial charge is 0.350 e. The zero-order valence-corrected chi connectivity index (χ0v) is 15.4. The molecule has 1 aromatic carbocycles. The van der Waals surface area contributed by atoms with E-state index < -0.39 is 11.6 Å². The Morgan fingerprint density at radius 3 is 2.67 bits per heavy atom. The number of urea groups is 1. The molecule has 1 atom stereocenters. The fraction of sp³-hybridized carbons (Fsp3) is 0.550. The highest BCUT2D eigenvalue weighted by molar-refractivity contribution is 6.09. The summed E-state index contributed by atoms with van der Waals surface area (Å²) >= 11 is 0. The first-order valence-corrected chi connectivity index (χ1v) is 9.75. The van der Waals surface area contributed by atoms with Gasteiger partial charge in [0.2, 0.25) is 5.91 Å². The van der Waals surface area contributed by atoms with Crippen LogP contribution in [-0.4, -0.2) is 58.9 Å². The summed E-state index contributed by atoms with van der Waals surface area (Å²) in [5.74, 6) is -0.502. The summed E-state index contributed by atoms with van der Waals surface area (Å²) in [7, 11) is 0. The number of rotatable bonds is 5. The first kappa shape index (κ1) is 18.0. The maximum atomic E-state index is 12.6. The van der Waals surface area contributed by atoms with Gasteiger partial charge in [0.05, 0.1) is 0 Å². The number of hydrogen-bond acceptors (Lipinski definition) is 4. The van der Waals surface area contributed by atoms with Crippen molar-refractivity contribution in [2.45, 2.75) is 50.2 Å². The normalized spacial score (nSPS) is 24.6. The predicted molar refractivity (Wildman–Crippen MR) is 99.7 cm³/mol. The van der Waals surface area contributed by atoms with E-state index in [4.69, 9.17) is 0 Å². The number of likely N-dealkylation sites (tertiary alicyclic amines) is 1. The van der Waals surface area contributed by atoms with Crippen LogP contribution in [0.1, 0.15) is 37.7 Å². The minimum Gasteiger partial charge on any atom is -0.350 e. The summed E-state index contributed by atoms with van der Waals surface area (Å²) in [6.45, 7) is 2.38. The smallest absolute Gasteiger partial charge is 0.325 e. The molecule has 0 unspecified atom stereocenters. The molecule has 4 rings (SSSR count). The van der Waals surface area contributed by atoms with E-state index in [2.05, 4.69) is 27.7 Å². The van der Waals surface area contributed by atoms with E-state index in [9.17, 15) is 14.4 Å². The van der Waals surface area contributed by atoms with Crippen LogP contribution in [0.3, 0.4) is 0 Å². The van der Waals surface area contributed by atoms with Crippen LogP contribution >= 0.6 is 0 Å². The zero-order chi connectivity index (χ0) is 18.9. The van der Waals surface area contributed by atoms with Crippen molar-refractivity contribution in [2.24, 2.45) is 0 Å². The Kier molecular flexibility index (Phi) is 4.86. The third-order valence-electron chi connectivity index (χ3n) is 5.89. The summed E-state index contributed by atoms with van der Waals surface area (Å²) in [6.07, 6.45) is 4.10. The second-order valence-electron chi connectivity index (χ2n) is 7.88. The van der Waals surface area contributed by atoms with E-state index >= 15 is 0 Å². The summed E-state index contributed by atoms with van der Waals surface area (Å²) in [5, 5.41) is 5.80. The minimum atomic E-state index is -0.753. The van der Waals surface area contributed by atoms with Gasteiger partial charge in [0.15, 0.2) is 0 Å². The summed E-state index contributed by atoms with van der Waals surface area (Å²) in [6, 6.07) is 9.88. The van der Waals surface area contributed by atoms with Crippen LogP contribution in [0.5, 0.6) is 0 Å². The second-order valence-corrected chi connectivity index (χ2v) is 7.88. The van der Waals surface area contributed by atoms with Crippen LogP contribution in [0.15, 0.2) is 30.3 Å². The van der Waals surface area contributed by atoms with Gasteiger partial charge in [-0.2, -0.15) is 0 Å². The second kappa shape index (κ2) is 7.31. The monoisotopic (exact) mass is 370 g/mol. The Labute approximate surface area is 159 Å². The molecule has 1 spiro atoms. The number of amides is 4. The molecular formula is C20H26N4O3. The number of nitrogens with zero attached hydrogens (tertiary/aromatic N) is 2. The molecule has 3 fully saturated rings. The number of imide groups is 1. The first-order chi connectivity index (χ1) is 13.1. The number of hydrogen-bond donors (Lipinski definition) is 2. The standard InChI is InChI=1S/C20H26N4O3/c25-17(14-24-18(26)20(22-19(24)27)9-4-5-10-20)21-16-8-11-23(13-16)12-15-6-2-1-3-7-15/h1-3,6-7,16H,4-5,8-14H2,(H,21,25)(H,22,27)/t16-/m0/s1. The van der Waals surface area contributed by atoms with Gasteiger partial charge in [0, 0.05) is 25.7 Å². The van der Waals surface area contributed by atoms with Crippen LogP contribution in [0.2, 0.25) is 0 Å². The van der Waals surface area contributed by atoms with Gasteiger partial charge in [-0.1, -0.05) is 43.2 Å². The highest BCUT2D eigenvalue weighted by Gasteiger charge is 2.52. The molecule has 2 saturated heterocycles. The molecule has 0 aromatic heterocycles. The third kappa shape index (κ3) is 3.69. The van der Waals surface area contributed by atoms with Gasteiger partial charge < -0.3 is 10.6 Å². The molecule has 0 radical (unpaired) electrons. The molecule has 7 heteroatoms. The number of benzene rings is 1. The molecule has 2 aliphatic heterocycles. The highest BCUT2D eigenvalue weighted by atomic mass is 16.2. The molecule has 3 aliphatic rings. The molecule has 1 aliphatic carbocycles. The summed E-state index contributed by atoms with van der Waals surface area (Å²) in [5.41, 5.74) is 0.502. The SMILES string of the molecule is O=C(CN1C(=O)NC2(CCCC2)C1=O)N[C@H]1CCN(Cc2ccccc2)C1. The van der Waals surface area contributed by atoms with Crippen LogP contribution in [0, 0.1) is 0 Å². The zero-order valence-electron chi connectivity index (χ0n) is 15.4. The van der Waals surface area contributed by atoms with Gasteiger partial charge in [-0.25, -0.2) is 4.79 Å². The number of nitrogens with one attached hydrogen (secondary N) is 2. The van der Waals surface area contributed by atoms with E-state index in [1.54, 1.807) is 0 Å². The topological polar surface area (TPSA) is 81.8 Å². The van der Waals surface area contributed by atoms with Gasteiger partial charge in [-0.3, -0.25) is 19.4 Å². The Morgan fingerprint density at radius 1 is 1.19 bits per heavy atom. The molecule has 1 aromatic rings. The van der Waals surface area contributed by atoms with E-state index in [-0.39, 0.29) is 24.4 Å². The molecule has 144 valence electrons. The van der Waals surface area contributed by atoms with Crippen molar-refractivity contribution in [1.29, 1.82) is 0 Å². The van der Waals surface area contributed by atoms with Gasteiger partial charge >= 0.3 is 6.03 Å². The van der Waals surface area contributed by atoms with Crippen molar-refractivity contribution in [2.75, 3.05) is 19.6 Å².